The molecule has 0 unspecified atom stereocenters. The molecule has 2 heterocycles. The summed E-state index contributed by atoms with van der Waals surface area (Å²) in [5.74, 6) is 0.914. The van der Waals surface area contributed by atoms with Crippen molar-refractivity contribution in [2.75, 3.05) is 0 Å². The highest BCUT2D eigenvalue weighted by Gasteiger charge is 2.14. The molecule has 0 N–H and O–H groups in total. The van der Waals surface area contributed by atoms with Crippen LogP contribution in [0.25, 0.3) is 11.2 Å². The Bertz CT molecular complexity index is 475. The van der Waals surface area contributed by atoms with Crippen molar-refractivity contribution in [3.63, 3.8) is 0 Å². The maximum absolute atomic E-state index is 6.01. The zero-order valence-corrected chi connectivity index (χ0v) is 9.08. The molecule has 2 rings (SSSR count). The number of halogens is 1. The van der Waals surface area contributed by atoms with Gasteiger partial charge in [-0.1, -0.05) is 11.6 Å². The van der Waals surface area contributed by atoms with E-state index in [1.807, 2.05) is 11.5 Å². The van der Waals surface area contributed by atoms with Crippen molar-refractivity contribution in [3.8, 4) is 0 Å². The van der Waals surface area contributed by atoms with Crippen LogP contribution >= 0.6 is 11.6 Å². The largest absolute Gasteiger partial charge is 0.322 e. The predicted octanol–water partition coefficient (Wildman–Crippen LogP) is 2.37. The van der Waals surface area contributed by atoms with E-state index in [-0.39, 0.29) is 0 Å². The average molecular weight is 211 g/mol. The van der Waals surface area contributed by atoms with Crippen LogP contribution < -0.4 is 0 Å². The Labute approximate surface area is 87.0 Å². The van der Waals surface area contributed by atoms with Gasteiger partial charge < -0.3 is 4.57 Å². The van der Waals surface area contributed by atoms with Gasteiger partial charge in [-0.2, -0.15) is 0 Å². The van der Waals surface area contributed by atoms with Gasteiger partial charge in [0.15, 0.2) is 10.8 Å². The van der Waals surface area contributed by atoms with Crippen LogP contribution in [0.4, 0.5) is 0 Å². The van der Waals surface area contributed by atoms with E-state index < -0.39 is 0 Å². The first-order valence-electron chi connectivity index (χ1n) is 4.46. The third-order valence-electron chi connectivity index (χ3n) is 2.13. The fraction of sp³-hybridized carbons (Fsp3) is 0.444. The zero-order valence-electron chi connectivity index (χ0n) is 8.32. The molecule has 0 aliphatic heterocycles. The first-order valence-corrected chi connectivity index (χ1v) is 4.84. The SMILES string of the molecule is Cc1nc2ncnc(Cl)c2n1C(C)C. The molecular weight excluding hydrogens is 200 g/mol. The fourth-order valence-corrected chi connectivity index (χ4v) is 1.86. The molecule has 0 saturated heterocycles. The van der Waals surface area contributed by atoms with Crippen LogP contribution in [0, 0.1) is 6.92 Å². The molecule has 14 heavy (non-hydrogen) atoms. The number of fused-ring (bicyclic) bond motifs is 1. The summed E-state index contributed by atoms with van der Waals surface area (Å²) in [6.07, 6.45) is 1.43. The molecule has 0 aromatic carbocycles. The minimum atomic E-state index is 0.309. The van der Waals surface area contributed by atoms with E-state index in [0.29, 0.717) is 16.8 Å². The van der Waals surface area contributed by atoms with Crippen LogP contribution in [0.3, 0.4) is 0 Å². The predicted molar refractivity (Wildman–Crippen MR) is 55.5 cm³/mol. The van der Waals surface area contributed by atoms with Crippen molar-refractivity contribution < 1.29 is 0 Å². The highest BCUT2D eigenvalue weighted by Crippen LogP contribution is 2.23. The van der Waals surface area contributed by atoms with E-state index >= 15 is 0 Å². The van der Waals surface area contributed by atoms with E-state index in [1.54, 1.807) is 0 Å². The van der Waals surface area contributed by atoms with Gasteiger partial charge in [-0.05, 0) is 20.8 Å². The topological polar surface area (TPSA) is 43.6 Å². The quantitative estimate of drug-likeness (QED) is 0.679. The molecule has 0 radical (unpaired) electrons. The van der Waals surface area contributed by atoms with Gasteiger partial charge in [0.25, 0.3) is 0 Å². The second kappa shape index (κ2) is 3.20. The summed E-state index contributed by atoms with van der Waals surface area (Å²) in [5.41, 5.74) is 1.48. The minimum absolute atomic E-state index is 0.309. The van der Waals surface area contributed by atoms with Gasteiger partial charge in [0, 0.05) is 6.04 Å². The van der Waals surface area contributed by atoms with Crippen molar-refractivity contribution in [1.29, 1.82) is 0 Å². The normalized spacial score (nSPS) is 11.5. The van der Waals surface area contributed by atoms with Crippen molar-refractivity contribution in [2.24, 2.45) is 0 Å². The fourth-order valence-electron chi connectivity index (χ4n) is 1.64. The van der Waals surface area contributed by atoms with Gasteiger partial charge in [-0.15, -0.1) is 0 Å². The Balaban J connectivity index is 2.86. The van der Waals surface area contributed by atoms with Crippen LogP contribution in [0.2, 0.25) is 5.15 Å². The lowest BCUT2D eigenvalue weighted by molar-refractivity contribution is 0.599. The summed E-state index contributed by atoms with van der Waals surface area (Å²) < 4.78 is 2.04. The maximum atomic E-state index is 6.01. The summed E-state index contributed by atoms with van der Waals surface area (Å²) in [6, 6.07) is 0.309. The maximum Gasteiger partial charge on any atom is 0.182 e. The molecule has 0 bridgehead atoms. The molecular formula is C9H11ClN4. The lowest BCUT2D eigenvalue weighted by Gasteiger charge is -2.10. The summed E-state index contributed by atoms with van der Waals surface area (Å²) in [7, 11) is 0. The van der Waals surface area contributed by atoms with Crippen molar-refractivity contribution in [3.05, 3.63) is 17.3 Å². The number of hydrogen-bond donors (Lipinski definition) is 0. The van der Waals surface area contributed by atoms with E-state index in [1.165, 1.54) is 6.33 Å². The Morgan fingerprint density at radius 2 is 2.07 bits per heavy atom. The summed E-state index contributed by atoms with van der Waals surface area (Å²) in [5, 5.41) is 0.462. The molecule has 0 aliphatic rings. The van der Waals surface area contributed by atoms with E-state index in [0.717, 1.165) is 11.3 Å². The van der Waals surface area contributed by atoms with Crippen LogP contribution in [-0.4, -0.2) is 19.5 Å². The third-order valence-corrected chi connectivity index (χ3v) is 2.41. The van der Waals surface area contributed by atoms with Crippen molar-refractivity contribution >= 4 is 22.8 Å². The smallest absolute Gasteiger partial charge is 0.182 e. The Kier molecular flexibility index (Phi) is 2.15. The minimum Gasteiger partial charge on any atom is -0.322 e. The van der Waals surface area contributed by atoms with Crippen LogP contribution in [0.15, 0.2) is 6.33 Å². The number of nitrogens with zero attached hydrogens (tertiary/aromatic N) is 4. The third kappa shape index (κ3) is 1.26. The van der Waals surface area contributed by atoms with Crippen LogP contribution in [-0.2, 0) is 0 Å². The highest BCUT2D eigenvalue weighted by atomic mass is 35.5. The molecule has 74 valence electrons. The molecule has 2 aromatic rings. The molecule has 0 aliphatic carbocycles. The van der Waals surface area contributed by atoms with Gasteiger partial charge in [-0.25, -0.2) is 15.0 Å². The van der Waals surface area contributed by atoms with E-state index in [4.69, 9.17) is 11.6 Å². The van der Waals surface area contributed by atoms with E-state index in [9.17, 15) is 0 Å². The van der Waals surface area contributed by atoms with Gasteiger partial charge >= 0.3 is 0 Å². The molecule has 4 nitrogen and oxygen atoms in total. The Hall–Kier alpha value is -1.16. The Morgan fingerprint density at radius 1 is 1.36 bits per heavy atom. The van der Waals surface area contributed by atoms with Crippen LogP contribution in [0.5, 0.6) is 0 Å². The second-order valence-corrected chi connectivity index (χ2v) is 3.82. The van der Waals surface area contributed by atoms with Gasteiger partial charge in [0.05, 0.1) is 0 Å². The first-order chi connectivity index (χ1) is 6.61. The summed E-state index contributed by atoms with van der Waals surface area (Å²) in [6.45, 7) is 6.10. The molecule has 0 spiro atoms. The Morgan fingerprint density at radius 3 is 2.71 bits per heavy atom. The monoisotopic (exact) mass is 210 g/mol. The summed E-state index contributed by atoms with van der Waals surface area (Å²) >= 11 is 6.01. The molecule has 0 atom stereocenters. The standard InChI is InChI=1S/C9H11ClN4/c1-5(2)14-6(3)13-9-7(14)8(10)11-4-12-9/h4-5H,1-3H3. The number of aromatic nitrogens is 4. The lowest BCUT2D eigenvalue weighted by atomic mass is 10.3. The molecule has 0 fully saturated rings. The number of rotatable bonds is 1. The second-order valence-electron chi connectivity index (χ2n) is 3.46. The number of imidazole rings is 1. The van der Waals surface area contributed by atoms with Gasteiger partial charge in [-0.3, -0.25) is 0 Å². The first kappa shape index (κ1) is 9.40. The zero-order chi connectivity index (χ0) is 10.3. The highest BCUT2D eigenvalue weighted by molar-refractivity contribution is 6.33. The van der Waals surface area contributed by atoms with Crippen molar-refractivity contribution in [1.82, 2.24) is 19.5 Å². The lowest BCUT2D eigenvalue weighted by Crippen LogP contribution is -2.03. The molecule has 2 aromatic heterocycles. The van der Waals surface area contributed by atoms with Crippen LogP contribution in [0.1, 0.15) is 25.7 Å². The van der Waals surface area contributed by atoms with E-state index in [2.05, 4.69) is 28.8 Å². The van der Waals surface area contributed by atoms with Gasteiger partial charge in [0.1, 0.15) is 17.7 Å². The molecule has 0 amide bonds. The molecule has 5 heteroatoms. The number of hydrogen-bond acceptors (Lipinski definition) is 3. The number of aryl methyl sites for hydroxylation is 1. The van der Waals surface area contributed by atoms with Crippen molar-refractivity contribution in [2.45, 2.75) is 26.8 Å². The average Bonchev–Trinajstić information content (AvgIpc) is 2.42. The summed E-state index contributed by atoms with van der Waals surface area (Å²) in [4.78, 5) is 12.4. The van der Waals surface area contributed by atoms with Gasteiger partial charge in [0.2, 0.25) is 0 Å². The molecule has 0 saturated carbocycles.